The van der Waals surface area contributed by atoms with Crippen LogP contribution in [-0.2, 0) is 11.3 Å². The van der Waals surface area contributed by atoms with Crippen LogP contribution in [0.1, 0.15) is 46.6 Å². The van der Waals surface area contributed by atoms with Gasteiger partial charge >= 0.3 is 0 Å². The number of carbonyl (C=O) groups is 1. The number of hydrogen-bond donors (Lipinski definition) is 1. The van der Waals surface area contributed by atoms with Crippen molar-refractivity contribution in [3.05, 3.63) is 35.9 Å². The van der Waals surface area contributed by atoms with Gasteiger partial charge in [0.1, 0.15) is 0 Å². The largest absolute Gasteiger partial charge is 0.336 e. The molecule has 0 heterocycles. The molecule has 0 aliphatic rings. The lowest BCUT2D eigenvalue weighted by atomic mass is 9.84. The summed E-state index contributed by atoms with van der Waals surface area (Å²) < 4.78 is 0. The van der Waals surface area contributed by atoms with Gasteiger partial charge in [-0.15, -0.1) is 0 Å². The Morgan fingerprint density at radius 1 is 1.19 bits per heavy atom. The molecule has 0 spiro atoms. The second kappa shape index (κ2) is 7.60. The fourth-order valence-corrected chi connectivity index (χ4v) is 2.54. The van der Waals surface area contributed by atoms with Gasteiger partial charge in [-0.1, -0.05) is 51.1 Å². The predicted molar refractivity (Wildman–Crippen MR) is 88.7 cm³/mol. The van der Waals surface area contributed by atoms with Crippen molar-refractivity contribution in [3.63, 3.8) is 0 Å². The normalized spacial score (nSPS) is 13.3. The molecule has 0 aliphatic heterocycles. The third kappa shape index (κ3) is 5.88. The van der Waals surface area contributed by atoms with Crippen LogP contribution in [0.5, 0.6) is 0 Å². The first-order chi connectivity index (χ1) is 9.74. The highest BCUT2D eigenvalue weighted by Gasteiger charge is 2.28. The van der Waals surface area contributed by atoms with Crippen molar-refractivity contribution in [2.24, 2.45) is 17.1 Å². The molecule has 21 heavy (non-hydrogen) atoms. The van der Waals surface area contributed by atoms with Crippen molar-refractivity contribution in [3.8, 4) is 0 Å². The molecule has 1 aromatic carbocycles. The maximum absolute atomic E-state index is 12.8. The summed E-state index contributed by atoms with van der Waals surface area (Å²) in [7, 11) is 0. The van der Waals surface area contributed by atoms with E-state index in [1.807, 2.05) is 23.1 Å². The Morgan fingerprint density at radius 2 is 1.76 bits per heavy atom. The minimum Gasteiger partial charge on any atom is -0.336 e. The van der Waals surface area contributed by atoms with Crippen LogP contribution in [0.2, 0.25) is 0 Å². The van der Waals surface area contributed by atoms with Crippen LogP contribution in [0, 0.1) is 11.3 Å². The van der Waals surface area contributed by atoms with Crippen LogP contribution < -0.4 is 5.73 Å². The molecule has 3 heteroatoms. The van der Waals surface area contributed by atoms with Gasteiger partial charge in [0.05, 0.1) is 5.92 Å². The zero-order valence-corrected chi connectivity index (χ0v) is 14.1. The van der Waals surface area contributed by atoms with E-state index in [9.17, 15) is 4.79 Å². The number of carbonyl (C=O) groups excluding carboxylic acids is 1. The minimum absolute atomic E-state index is 0.101. The van der Waals surface area contributed by atoms with Crippen molar-refractivity contribution in [2.45, 2.75) is 53.6 Å². The molecule has 1 rings (SSSR count). The Bertz CT molecular complexity index is 434. The van der Waals surface area contributed by atoms with Gasteiger partial charge in [-0.05, 0) is 31.2 Å². The van der Waals surface area contributed by atoms with E-state index in [0.717, 1.165) is 12.0 Å². The van der Waals surface area contributed by atoms with Crippen molar-refractivity contribution in [1.29, 1.82) is 0 Å². The van der Waals surface area contributed by atoms with Crippen molar-refractivity contribution in [2.75, 3.05) is 6.54 Å². The van der Waals surface area contributed by atoms with Gasteiger partial charge < -0.3 is 10.6 Å². The highest BCUT2D eigenvalue weighted by atomic mass is 16.2. The fourth-order valence-electron chi connectivity index (χ4n) is 2.54. The van der Waals surface area contributed by atoms with Crippen molar-refractivity contribution >= 4 is 5.91 Å². The second-order valence-electron chi connectivity index (χ2n) is 7.24. The summed E-state index contributed by atoms with van der Waals surface area (Å²) in [6.45, 7) is 11.6. The van der Waals surface area contributed by atoms with E-state index in [0.29, 0.717) is 13.1 Å². The Labute approximate surface area is 129 Å². The molecule has 1 atom stereocenters. The van der Waals surface area contributed by atoms with Crippen LogP contribution in [0.3, 0.4) is 0 Å². The lowest BCUT2D eigenvalue weighted by Crippen LogP contribution is -2.43. The van der Waals surface area contributed by atoms with Gasteiger partial charge in [0, 0.05) is 19.1 Å². The van der Waals surface area contributed by atoms with Crippen LogP contribution in [0.15, 0.2) is 30.3 Å². The highest BCUT2D eigenvalue weighted by Crippen LogP contribution is 2.26. The minimum atomic E-state index is -0.101. The van der Waals surface area contributed by atoms with E-state index in [2.05, 4.69) is 46.8 Å². The molecule has 0 fully saturated rings. The topological polar surface area (TPSA) is 46.3 Å². The summed E-state index contributed by atoms with van der Waals surface area (Å²) in [6.07, 6.45) is 0.820. The van der Waals surface area contributed by atoms with Gasteiger partial charge in [0.15, 0.2) is 0 Å². The van der Waals surface area contributed by atoms with Crippen LogP contribution in [0.4, 0.5) is 0 Å². The Balaban J connectivity index is 2.86. The third-order valence-electron chi connectivity index (χ3n) is 3.59. The standard InChI is InChI=1S/C18H30N2O/c1-14(2)20(13-15-9-7-6-8-10-15)17(21)16(12-19)11-18(3,4)5/h6-10,14,16H,11-13,19H2,1-5H3. The molecule has 2 N–H and O–H groups in total. The van der Waals surface area contributed by atoms with E-state index < -0.39 is 0 Å². The second-order valence-corrected chi connectivity index (χ2v) is 7.24. The molecule has 0 bridgehead atoms. The molecule has 1 aromatic rings. The summed E-state index contributed by atoms with van der Waals surface area (Å²) >= 11 is 0. The predicted octanol–water partition coefficient (Wildman–Crippen LogP) is 3.43. The fraction of sp³-hybridized carbons (Fsp3) is 0.611. The summed E-state index contributed by atoms with van der Waals surface area (Å²) in [5.74, 6) is 0.0717. The van der Waals surface area contributed by atoms with Gasteiger partial charge in [-0.3, -0.25) is 4.79 Å². The highest BCUT2D eigenvalue weighted by molar-refractivity contribution is 5.79. The maximum Gasteiger partial charge on any atom is 0.227 e. The molecule has 3 nitrogen and oxygen atoms in total. The number of nitrogens with zero attached hydrogens (tertiary/aromatic N) is 1. The molecule has 0 aliphatic carbocycles. The number of benzene rings is 1. The Kier molecular flexibility index (Phi) is 6.41. The van der Waals surface area contributed by atoms with Crippen LogP contribution in [0.25, 0.3) is 0 Å². The van der Waals surface area contributed by atoms with Crippen LogP contribution >= 0.6 is 0 Å². The number of nitrogens with two attached hydrogens (primary N) is 1. The van der Waals surface area contributed by atoms with Gasteiger partial charge in [-0.25, -0.2) is 0 Å². The van der Waals surface area contributed by atoms with E-state index in [1.165, 1.54) is 0 Å². The van der Waals surface area contributed by atoms with Gasteiger partial charge in [0.2, 0.25) is 5.91 Å². The summed E-state index contributed by atoms with van der Waals surface area (Å²) in [6, 6.07) is 10.3. The maximum atomic E-state index is 12.8. The molecular formula is C18H30N2O. The molecule has 118 valence electrons. The van der Waals surface area contributed by atoms with Crippen molar-refractivity contribution in [1.82, 2.24) is 4.90 Å². The SMILES string of the molecule is CC(C)N(Cc1ccccc1)C(=O)C(CN)CC(C)(C)C. The molecule has 0 aromatic heterocycles. The number of rotatable bonds is 6. The summed E-state index contributed by atoms with van der Waals surface area (Å²) in [4.78, 5) is 14.8. The average Bonchev–Trinajstić information content (AvgIpc) is 2.41. The van der Waals surface area contributed by atoms with E-state index in [-0.39, 0.29) is 23.3 Å². The van der Waals surface area contributed by atoms with Gasteiger partial charge in [0.25, 0.3) is 0 Å². The Hall–Kier alpha value is -1.35. The van der Waals surface area contributed by atoms with E-state index in [1.54, 1.807) is 0 Å². The smallest absolute Gasteiger partial charge is 0.227 e. The van der Waals surface area contributed by atoms with Gasteiger partial charge in [-0.2, -0.15) is 0 Å². The van der Waals surface area contributed by atoms with Crippen LogP contribution in [-0.4, -0.2) is 23.4 Å². The average molecular weight is 290 g/mol. The first-order valence-electron chi connectivity index (χ1n) is 7.79. The monoisotopic (exact) mass is 290 g/mol. The lowest BCUT2D eigenvalue weighted by molar-refractivity contribution is -0.138. The quantitative estimate of drug-likeness (QED) is 0.872. The molecular weight excluding hydrogens is 260 g/mol. The first-order valence-corrected chi connectivity index (χ1v) is 7.79. The zero-order chi connectivity index (χ0) is 16.0. The molecule has 0 saturated carbocycles. The third-order valence-corrected chi connectivity index (χ3v) is 3.59. The molecule has 1 amide bonds. The molecule has 0 radical (unpaired) electrons. The van der Waals surface area contributed by atoms with E-state index >= 15 is 0 Å². The first kappa shape index (κ1) is 17.7. The van der Waals surface area contributed by atoms with Crippen molar-refractivity contribution < 1.29 is 4.79 Å². The molecule has 0 saturated heterocycles. The van der Waals surface area contributed by atoms with E-state index in [4.69, 9.17) is 5.73 Å². The Morgan fingerprint density at radius 3 is 2.19 bits per heavy atom. The zero-order valence-electron chi connectivity index (χ0n) is 14.1. The lowest BCUT2D eigenvalue weighted by Gasteiger charge is -2.33. The summed E-state index contributed by atoms with van der Waals surface area (Å²) in [5.41, 5.74) is 7.13. The number of amides is 1. The number of hydrogen-bond acceptors (Lipinski definition) is 2. The summed E-state index contributed by atoms with van der Waals surface area (Å²) in [5, 5.41) is 0. The molecule has 1 unspecified atom stereocenters.